The summed E-state index contributed by atoms with van der Waals surface area (Å²) in [4.78, 5) is 1.99. The van der Waals surface area contributed by atoms with E-state index in [-0.39, 0.29) is 13.2 Å². The first-order chi connectivity index (χ1) is 12.5. The van der Waals surface area contributed by atoms with Crippen molar-refractivity contribution in [2.24, 2.45) is 5.41 Å². The van der Waals surface area contributed by atoms with Crippen molar-refractivity contribution in [3.05, 3.63) is 59.2 Å². The molecule has 0 amide bonds. The van der Waals surface area contributed by atoms with Gasteiger partial charge in [-0.25, -0.2) is 0 Å². The Labute approximate surface area is 158 Å². The first-order valence-electron chi connectivity index (χ1n) is 9.62. The predicted octanol–water partition coefficient (Wildman–Crippen LogP) is 4.57. The first-order valence-corrected chi connectivity index (χ1v) is 9.62. The van der Waals surface area contributed by atoms with Gasteiger partial charge >= 0.3 is 0 Å². The number of aliphatic hydroxyl groups is 2. The molecule has 3 nitrogen and oxygen atoms in total. The van der Waals surface area contributed by atoms with Gasteiger partial charge in [-0.05, 0) is 47.9 Å². The van der Waals surface area contributed by atoms with Gasteiger partial charge in [0.05, 0.1) is 13.2 Å². The largest absolute Gasteiger partial charge is 0.395 e. The summed E-state index contributed by atoms with van der Waals surface area (Å²) in [5, 5.41) is 18.3. The van der Waals surface area contributed by atoms with Gasteiger partial charge in [0.1, 0.15) is 0 Å². The zero-order chi connectivity index (χ0) is 19.0. The molecular weight excluding hydrogens is 322 g/mol. The summed E-state index contributed by atoms with van der Waals surface area (Å²) in [6.07, 6.45) is 12.4. The molecule has 0 aliphatic heterocycles. The summed E-state index contributed by atoms with van der Waals surface area (Å²) in [6.45, 7) is 8.09. The summed E-state index contributed by atoms with van der Waals surface area (Å²) in [5.41, 5.74) is 5.33. The summed E-state index contributed by atoms with van der Waals surface area (Å²) < 4.78 is 0. The Morgan fingerprint density at radius 1 is 1.00 bits per heavy atom. The van der Waals surface area contributed by atoms with Crippen molar-refractivity contribution in [3.63, 3.8) is 0 Å². The number of allylic oxidation sites excluding steroid dienone is 5. The lowest BCUT2D eigenvalue weighted by atomic mass is 9.75. The molecular formula is C23H33NO2. The number of nitrogens with zero attached hydrogens (tertiary/aromatic N) is 1. The molecule has 0 fully saturated rings. The highest BCUT2D eigenvalue weighted by Gasteiger charge is 2.24. The SMILES string of the molecule is CC/C=C1C=C(/C=C/c2ccc(N(CCO)CCO)cc2)CC(C)(C)C/1. The van der Waals surface area contributed by atoms with Crippen LogP contribution in [0.25, 0.3) is 6.08 Å². The summed E-state index contributed by atoms with van der Waals surface area (Å²) >= 11 is 0. The minimum absolute atomic E-state index is 0.0825. The molecule has 2 N–H and O–H groups in total. The molecule has 0 bridgehead atoms. The van der Waals surface area contributed by atoms with Crippen LogP contribution in [0, 0.1) is 5.41 Å². The Morgan fingerprint density at radius 2 is 1.65 bits per heavy atom. The van der Waals surface area contributed by atoms with Gasteiger partial charge in [-0.1, -0.05) is 62.8 Å². The molecule has 0 aromatic heterocycles. The van der Waals surface area contributed by atoms with Crippen LogP contribution in [-0.2, 0) is 0 Å². The van der Waals surface area contributed by atoms with E-state index in [1.54, 1.807) is 0 Å². The second-order valence-electron chi connectivity index (χ2n) is 7.78. The maximum atomic E-state index is 9.16. The second kappa shape index (κ2) is 9.75. The molecule has 0 saturated heterocycles. The molecule has 2 rings (SSSR count). The van der Waals surface area contributed by atoms with E-state index in [2.05, 4.69) is 57.2 Å². The fourth-order valence-corrected chi connectivity index (χ4v) is 3.62. The second-order valence-corrected chi connectivity index (χ2v) is 7.78. The van der Waals surface area contributed by atoms with E-state index in [1.807, 2.05) is 17.0 Å². The van der Waals surface area contributed by atoms with Gasteiger partial charge in [0.2, 0.25) is 0 Å². The molecule has 0 spiro atoms. The van der Waals surface area contributed by atoms with Crippen molar-refractivity contribution in [3.8, 4) is 0 Å². The number of hydrogen-bond acceptors (Lipinski definition) is 3. The van der Waals surface area contributed by atoms with E-state index in [0.29, 0.717) is 18.5 Å². The fraction of sp³-hybridized carbons (Fsp3) is 0.478. The van der Waals surface area contributed by atoms with Crippen molar-refractivity contribution >= 4 is 11.8 Å². The van der Waals surface area contributed by atoms with Gasteiger partial charge in [-0.2, -0.15) is 0 Å². The summed E-state index contributed by atoms with van der Waals surface area (Å²) in [7, 11) is 0. The quantitative estimate of drug-likeness (QED) is 0.718. The highest BCUT2D eigenvalue weighted by atomic mass is 16.3. The lowest BCUT2D eigenvalue weighted by Crippen LogP contribution is -2.29. The van der Waals surface area contributed by atoms with Gasteiger partial charge < -0.3 is 15.1 Å². The molecule has 1 aliphatic carbocycles. The molecule has 142 valence electrons. The highest BCUT2D eigenvalue weighted by Crippen LogP contribution is 2.38. The standard InChI is InChI=1S/C23H33NO2/c1-4-5-20-16-21(18-23(2,3)17-20)7-6-19-8-10-22(11-9-19)24(12-14-25)13-15-26/h5-11,16,25-26H,4,12-15,17-18H2,1-3H3/b7-6+,20-5-. The maximum absolute atomic E-state index is 9.16. The van der Waals surface area contributed by atoms with Gasteiger partial charge in [0.15, 0.2) is 0 Å². The Hall–Kier alpha value is -1.84. The number of rotatable bonds is 8. The summed E-state index contributed by atoms with van der Waals surface area (Å²) in [6, 6.07) is 8.27. The summed E-state index contributed by atoms with van der Waals surface area (Å²) in [5.74, 6) is 0. The van der Waals surface area contributed by atoms with Crippen LogP contribution in [0.1, 0.15) is 45.6 Å². The number of anilines is 1. The van der Waals surface area contributed by atoms with Crippen molar-refractivity contribution in [2.45, 2.75) is 40.0 Å². The van der Waals surface area contributed by atoms with Crippen LogP contribution < -0.4 is 4.90 Å². The lowest BCUT2D eigenvalue weighted by molar-refractivity contribution is 0.281. The van der Waals surface area contributed by atoms with Crippen LogP contribution in [-0.4, -0.2) is 36.5 Å². The lowest BCUT2D eigenvalue weighted by Gasteiger charge is -2.30. The van der Waals surface area contributed by atoms with Crippen LogP contribution in [0.15, 0.2) is 53.6 Å². The Bertz CT molecular complexity index is 647. The van der Waals surface area contributed by atoms with Crippen molar-refractivity contribution < 1.29 is 10.2 Å². The van der Waals surface area contributed by atoms with Crippen LogP contribution in [0.5, 0.6) is 0 Å². The van der Waals surface area contributed by atoms with E-state index in [4.69, 9.17) is 10.2 Å². The van der Waals surface area contributed by atoms with E-state index in [0.717, 1.165) is 30.5 Å². The molecule has 1 aliphatic rings. The molecule has 0 unspecified atom stereocenters. The molecule has 0 radical (unpaired) electrons. The van der Waals surface area contributed by atoms with Gasteiger partial charge in [0, 0.05) is 18.8 Å². The van der Waals surface area contributed by atoms with Crippen LogP contribution in [0.3, 0.4) is 0 Å². The fourth-order valence-electron chi connectivity index (χ4n) is 3.62. The minimum atomic E-state index is 0.0825. The number of hydrogen-bond donors (Lipinski definition) is 2. The third-order valence-electron chi connectivity index (χ3n) is 4.69. The molecule has 0 atom stereocenters. The molecule has 0 heterocycles. The van der Waals surface area contributed by atoms with E-state index in [9.17, 15) is 0 Å². The highest BCUT2D eigenvalue weighted by molar-refractivity contribution is 5.58. The molecule has 0 saturated carbocycles. The van der Waals surface area contributed by atoms with E-state index >= 15 is 0 Å². The Balaban J connectivity index is 2.11. The normalized spacial score (nSPS) is 18.3. The number of aliphatic hydroxyl groups excluding tert-OH is 2. The third kappa shape index (κ3) is 6.15. The minimum Gasteiger partial charge on any atom is -0.395 e. The van der Waals surface area contributed by atoms with Gasteiger partial charge in [0.25, 0.3) is 0 Å². The molecule has 1 aromatic rings. The Morgan fingerprint density at radius 3 is 2.23 bits per heavy atom. The zero-order valence-corrected chi connectivity index (χ0v) is 16.4. The topological polar surface area (TPSA) is 43.7 Å². The average Bonchev–Trinajstić information content (AvgIpc) is 2.59. The molecule has 1 aromatic carbocycles. The van der Waals surface area contributed by atoms with Gasteiger partial charge in [-0.15, -0.1) is 0 Å². The zero-order valence-electron chi connectivity index (χ0n) is 16.4. The van der Waals surface area contributed by atoms with Crippen molar-refractivity contribution in [1.29, 1.82) is 0 Å². The van der Waals surface area contributed by atoms with Gasteiger partial charge in [-0.3, -0.25) is 0 Å². The van der Waals surface area contributed by atoms with E-state index < -0.39 is 0 Å². The molecule has 26 heavy (non-hydrogen) atoms. The first kappa shape index (κ1) is 20.5. The monoisotopic (exact) mass is 355 g/mol. The van der Waals surface area contributed by atoms with Crippen LogP contribution >= 0.6 is 0 Å². The third-order valence-corrected chi connectivity index (χ3v) is 4.69. The Kier molecular flexibility index (Phi) is 7.67. The number of benzene rings is 1. The van der Waals surface area contributed by atoms with Crippen molar-refractivity contribution in [2.75, 3.05) is 31.2 Å². The predicted molar refractivity (Wildman–Crippen MR) is 111 cm³/mol. The molecule has 3 heteroatoms. The maximum Gasteiger partial charge on any atom is 0.0606 e. The van der Waals surface area contributed by atoms with Crippen LogP contribution in [0.4, 0.5) is 5.69 Å². The van der Waals surface area contributed by atoms with E-state index in [1.165, 1.54) is 11.1 Å². The van der Waals surface area contributed by atoms with Crippen LogP contribution in [0.2, 0.25) is 0 Å². The average molecular weight is 356 g/mol. The smallest absolute Gasteiger partial charge is 0.0606 e. The van der Waals surface area contributed by atoms with Crippen molar-refractivity contribution in [1.82, 2.24) is 0 Å².